The van der Waals surface area contributed by atoms with E-state index in [1.165, 1.54) is 6.42 Å². The van der Waals surface area contributed by atoms with Crippen LogP contribution in [0.2, 0.25) is 0 Å². The highest BCUT2D eigenvalue weighted by Crippen LogP contribution is 2.10. The second kappa shape index (κ2) is 6.49. The van der Waals surface area contributed by atoms with Gasteiger partial charge in [0.15, 0.2) is 5.11 Å². The first-order valence-electron chi connectivity index (χ1n) is 6.33. The van der Waals surface area contributed by atoms with Crippen LogP contribution in [0.3, 0.4) is 0 Å². The predicted molar refractivity (Wildman–Crippen MR) is 71.8 cm³/mol. The minimum Gasteiger partial charge on any atom is -0.376 e. The molecule has 0 aromatic carbocycles. The second-order valence-corrected chi connectivity index (χ2v) is 5.16. The number of hydrogen-bond acceptors (Lipinski definition) is 4. The largest absolute Gasteiger partial charge is 0.376 e. The van der Waals surface area contributed by atoms with E-state index in [0.717, 1.165) is 45.8 Å². The van der Waals surface area contributed by atoms with Gasteiger partial charge in [0.05, 0.1) is 6.10 Å². The van der Waals surface area contributed by atoms with Gasteiger partial charge in [-0.25, -0.2) is 5.01 Å². The molecule has 0 aromatic heterocycles. The molecule has 0 amide bonds. The number of ether oxygens (including phenoxy) is 1. The van der Waals surface area contributed by atoms with E-state index in [1.54, 1.807) is 0 Å². The predicted octanol–water partition coefficient (Wildman–Crippen LogP) is -0.208. The number of piperazine rings is 1. The van der Waals surface area contributed by atoms with Crippen molar-refractivity contribution < 1.29 is 4.74 Å². The van der Waals surface area contributed by atoms with Crippen LogP contribution in [-0.4, -0.2) is 67.5 Å². The molecule has 2 aliphatic heterocycles. The van der Waals surface area contributed by atoms with Gasteiger partial charge >= 0.3 is 0 Å². The number of nitrogens with one attached hydrogen (secondary N) is 2. The van der Waals surface area contributed by atoms with E-state index >= 15 is 0 Å². The summed E-state index contributed by atoms with van der Waals surface area (Å²) in [4.78, 5) is 2.32. The lowest BCUT2D eigenvalue weighted by molar-refractivity contribution is 0.111. The van der Waals surface area contributed by atoms with E-state index in [9.17, 15) is 0 Å². The standard InChI is InChI=1S/C11H22N4OS/c1-14-4-6-15(7-5-14)13-11(17)12-9-10-3-2-8-16-10/h10H,2-9H2,1H3,(H2,12,13,17)/t10-/m0/s1. The summed E-state index contributed by atoms with van der Waals surface area (Å²) in [6.45, 7) is 5.91. The van der Waals surface area contributed by atoms with Gasteiger partial charge in [-0.2, -0.15) is 0 Å². The molecule has 0 aliphatic carbocycles. The fraction of sp³-hybridized carbons (Fsp3) is 0.909. The molecule has 1 atom stereocenters. The molecule has 17 heavy (non-hydrogen) atoms. The molecule has 2 fully saturated rings. The molecule has 2 saturated heterocycles. The SMILES string of the molecule is CN1CCN(NC(=S)NC[C@@H]2CCCO2)CC1. The molecule has 2 N–H and O–H groups in total. The summed E-state index contributed by atoms with van der Waals surface area (Å²) in [5, 5.41) is 6.11. The van der Waals surface area contributed by atoms with Crippen LogP contribution in [0.4, 0.5) is 0 Å². The lowest BCUT2D eigenvalue weighted by Gasteiger charge is -2.33. The van der Waals surface area contributed by atoms with Crippen molar-refractivity contribution in [2.24, 2.45) is 0 Å². The third kappa shape index (κ3) is 4.39. The molecule has 5 nitrogen and oxygen atoms in total. The zero-order valence-corrected chi connectivity index (χ0v) is 11.3. The topological polar surface area (TPSA) is 39.8 Å². The fourth-order valence-electron chi connectivity index (χ4n) is 2.11. The molecule has 0 spiro atoms. The van der Waals surface area contributed by atoms with Crippen LogP contribution in [0.25, 0.3) is 0 Å². The van der Waals surface area contributed by atoms with Gasteiger partial charge in [-0.05, 0) is 32.1 Å². The number of hydrogen-bond donors (Lipinski definition) is 2. The summed E-state index contributed by atoms with van der Waals surface area (Å²) in [5.74, 6) is 0. The maximum absolute atomic E-state index is 5.54. The van der Waals surface area contributed by atoms with Crippen LogP contribution in [0, 0.1) is 0 Å². The Kier molecular flexibility index (Phi) is 4.97. The zero-order chi connectivity index (χ0) is 12.1. The van der Waals surface area contributed by atoms with E-state index in [0.29, 0.717) is 11.2 Å². The maximum Gasteiger partial charge on any atom is 0.181 e. The van der Waals surface area contributed by atoms with Crippen LogP contribution < -0.4 is 10.7 Å². The number of thiocarbonyl (C=S) groups is 1. The average Bonchev–Trinajstić information content (AvgIpc) is 2.83. The van der Waals surface area contributed by atoms with Crippen LogP contribution in [-0.2, 0) is 4.74 Å². The molecule has 2 rings (SSSR count). The number of hydrazine groups is 1. The van der Waals surface area contributed by atoms with Gasteiger partial charge in [0.25, 0.3) is 0 Å². The van der Waals surface area contributed by atoms with Crippen molar-refractivity contribution in [2.75, 3.05) is 46.4 Å². The molecule has 98 valence electrons. The molecule has 0 radical (unpaired) electrons. The molecular formula is C11H22N4OS. The molecule has 0 unspecified atom stereocenters. The van der Waals surface area contributed by atoms with Crippen LogP contribution in [0.5, 0.6) is 0 Å². The molecule has 2 heterocycles. The highest BCUT2D eigenvalue weighted by molar-refractivity contribution is 7.80. The van der Waals surface area contributed by atoms with Gasteiger partial charge in [0.1, 0.15) is 0 Å². The quantitative estimate of drug-likeness (QED) is 0.683. The van der Waals surface area contributed by atoms with Crippen LogP contribution >= 0.6 is 12.2 Å². The lowest BCUT2D eigenvalue weighted by atomic mass is 10.2. The molecule has 0 saturated carbocycles. The Bertz CT molecular complexity index is 250. The van der Waals surface area contributed by atoms with Gasteiger partial charge in [-0.3, -0.25) is 5.43 Å². The summed E-state index contributed by atoms with van der Waals surface area (Å²) in [6, 6.07) is 0. The van der Waals surface area contributed by atoms with Crippen LogP contribution in [0.1, 0.15) is 12.8 Å². The van der Waals surface area contributed by atoms with E-state index in [1.807, 2.05) is 0 Å². The Morgan fingerprint density at radius 1 is 1.35 bits per heavy atom. The lowest BCUT2D eigenvalue weighted by Crippen LogP contribution is -2.55. The number of rotatable bonds is 3. The highest BCUT2D eigenvalue weighted by Gasteiger charge is 2.17. The van der Waals surface area contributed by atoms with Crippen molar-refractivity contribution >= 4 is 17.3 Å². The maximum atomic E-state index is 5.54. The minimum absolute atomic E-state index is 0.335. The Morgan fingerprint density at radius 2 is 2.12 bits per heavy atom. The van der Waals surface area contributed by atoms with E-state index in [2.05, 4.69) is 27.7 Å². The van der Waals surface area contributed by atoms with E-state index < -0.39 is 0 Å². The van der Waals surface area contributed by atoms with Gasteiger partial charge in [0.2, 0.25) is 0 Å². The van der Waals surface area contributed by atoms with Crippen molar-refractivity contribution in [1.82, 2.24) is 20.7 Å². The smallest absolute Gasteiger partial charge is 0.181 e. The first kappa shape index (κ1) is 13.0. The van der Waals surface area contributed by atoms with Gasteiger partial charge < -0.3 is 15.0 Å². The number of nitrogens with zero attached hydrogens (tertiary/aromatic N) is 2. The monoisotopic (exact) mass is 258 g/mol. The van der Waals surface area contributed by atoms with Crippen molar-refractivity contribution in [1.29, 1.82) is 0 Å². The van der Waals surface area contributed by atoms with Crippen molar-refractivity contribution in [3.05, 3.63) is 0 Å². The molecular weight excluding hydrogens is 236 g/mol. The first-order chi connectivity index (χ1) is 8.24. The molecule has 0 bridgehead atoms. The van der Waals surface area contributed by atoms with Gasteiger partial charge in [-0.15, -0.1) is 0 Å². The fourth-order valence-corrected chi connectivity index (χ4v) is 2.33. The van der Waals surface area contributed by atoms with Crippen molar-refractivity contribution in [3.8, 4) is 0 Å². The second-order valence-electron chi connectivity index (χ2n) is 4.75. The highest BCUT2D eigenvalue weighted by atomic mass is 32.1. The van der Waals surface area contributed by atoms with Crippen molar-refractivity contribution in [3.63, 3.8) is 0 Å². The van der Waals surface area contributed by atoms with Crippen LogP contribution in [0.15, 0.2) is 0 Å². The Balaban J connectivity index is 1.60. The normalized spacial score (nSPS) is 27.0. The summed E-state index contributed by atoms with van der Waals surface area (Å²) in [7, 11) is 2.14. The first-order valence-corrected chi connectivity index (χ1v) is 6.74. The average molecular weight is 258 g/mol. The summed E-state index contributed by atoms with van der Waals surface area (Å²) in [6.07, 6.45) is 2.65. The zero-order valence-electron chi connectivity index (χ0n) is 10.4. The summed E-state index contributed by atoms with van der Waals surface area (Å²) in [5.41, 5.74) is 3.23. The third-order valence-electron chi connectivity index (χ3n) is 3.28. The summed E-state index contributed by atoms with van der Waals surface area (Å²) < 4.78 is 5.54. The molecule has 0 aromatic rings. The van der Waals surface area contributed by atoms with Gasteiger partial charge in [0, 0.05) is 39.3 Å². The van der Waals surface area contributed by atoms with Gasteiger partial charge in [-0.1, -0.05) is 0 Å². The third-order valence-corrected chi connectivity index (χ3v) is 3.51. The minimum atomic E-state index is 0.335. The van der Waals surface area contributed by atoms with E-state index in [-0.39, 0.29) is 0 Å². The van der Waals surface area contributed by atoms with E-state index in [4.69, 9.17) is 17.0 Å². The number of likely N-dealkylation sites (N-methyl/N-ethyl adjacent to an activating group) is 1. The Hall–Kier alpha value is -0.430. The summed E-state index contributed by atoms with van der Waals surface area (Å²) >= 11 is 5.27. The Labute approximate surface area is 108 Å². The van der Waals surface area contributed by atoms with Crippen molar-refractivity contribution in [2.45, 2.75) is 18.9 Å². The Morgan fingerprint density at radius 3 is 2.76 bits per heavy atom. The molecule has 2 aliphatic rings. The molecule has 6 heteroatoms.